The van der Waals surface area contributed by atoms with Crippen LogP contribution in [0.25, 0.3) is 0 Å². The summed E-state index contributed by atoms with van der Waals surface area (Å²) in [6.07, 6.45) is 0.812. The van der Waals surface area contributed by atoms with E-state index >= 15 is 0 Å². The smallest absolute Gasteiger partial charge is 0.251 e. The summed E-state index contributed by atoms with van der Waals surface area (Å²) in [7, 11) is 0. The van der Waals surface area contributed by atoms with Crippen molar-refractivity contribution in [2.75, 3.05) is 18.4 Å². The first-order chi connectivity index (χ1) is 12.0. The number of hydrogen-bond acceptors (Lipinski definition) is 3. The summed E-state index contributed by atoms with van der Waals surface area (Å²) in [4.78, 5) is 23.7. The lowest BCUT2D eigenvalue weighted by atomic mass is 10.1. The maximum atomic E-state index is 11.9. The fourth-order valence-corrected chi connectivity index (χ4v) is 2.32. The third kappa shape index (κ3) is 6.67. The zero-order valence-electron chi connectivity index (χ0n) is 14.7. The number of anilines is 1. The molecule has 2 aromatic carbocycles. The van der Waals surface area contributed by atoms with Crippen molar-refractivity contribution in [3.63, 3.8) is 0 Å². The second-order valence-electron chi connectivity index (χ2n) is 6.14. The Kier molecular flexibility index (Phi) is 7.01. The van der Waals surface area contributed by atoms with E-state index in [2.05, 4.69) is 16.0 Å². The standard InChI is InChI=1S/C20H25N3O2/c1-15(2)23-20(25)17-8-10-18(11-9-17)22-14-19(24)21-13-12-16-6-4-3-5-7-16/h3-11,15,22H,12-14H2,1-2H3,(H,21,24)(H,23,25). The van der Waals surface area contributed by atoms with Gasteiger partial charge >= 0.3 is 0 Å². The van der Waals surface area contributed by atoms with Crippen LogP contribution in [0, 0.1) is 0 Å². The topological polar surface area (TPSA) is 70.2 Å². The molecule has 2 aromatic rings. The van der Waals surface area contributed by atoms with Gasteiger partial charge in [0, 0.05) is 23.8 Å². The molecule has 0 aliphatic carbocycles. The number of amides is 2. The molecule has 5 heteroatoms. The Hall–Kier alpha value is -2.82. The molecule has 5 nitrogen and oxygen atoms in total. The number of rotatable bonds is 8. The molecule has 0 fully saturated rings. The Morgan fingerprint density at radius 2 is 1.64 bits per heavy atom. The molecule has 3 N–H and O–H groups in total. The van der Waals surface area contributed by atoms with Crippen LogP contribution in [0.4, 0.5) is 5.69 Å². The van der Waals surface area contributed by atoms with Crippen molar-refractivity contribution in [3.05, 3.63) is 65.7 Å². The summed E-state index contributed by atoms with van der Waals surface area (Å²) in [6.45, 7) is 4.65. The van der Waals surface area contributed by atoms with Crippen molar-refractivity contribution in [2.24, 2.45) is 0 Å². The van der Waals surface area contributed by atoms with Crippen LogP contribution < -0.4 is 16.0 Å². The number of carbonyl (C=O) groups excluding carboxylic acids is 2. The molecule has 2 rings (SSSR count). The molecular weight excluding hydrogens is 314 g/mol. The Balaban J connectivity index is 1.71. The van der Waals surface area contributed by atoms with Gasteiger partial charge in [-0.25, -0.2) is 0 Å². The molecule has 132 valence electrons. The molecule has 0 aliphatic heterocycles. The first-order valence-corrected chi connectivity index (χ1v) is 8.50. The van der Waals surface area contributed by atoms with Crippen LogP contribution in [0.5, 0.6) is 0 Å². The van der Waals surface area contributed by atoms with Crippen LogP contribution in [0.1, 0.15) is 29.8 Å². The summed E-state index contributed by atoms with van der Waals surface area (Å²) in [5.74, 6) is -0.155. The first-order valence-electron chi connectivity index (χ1n) is 8.50. The van der Waals surface area contributed by atoms with Gasteiger partial charge in [0.1, 0.15) is 0 Å². The molecule has 0 saturated carbocycles. The van der Waals surface area contributed by atoms with Gasteiger partial charge in [0.15, 0.2) is 0 Å². The molecular formula is C20H25N3O2. The molecule has 0 bridgehead atoms. The molecule has 0 atom stereocenters. The maximum absolute atomic E-state index is 11.9. The summed E-state index contributed by atoms with van der Waals surface area (Å²) >= 11 is 0. The SMILES string of the molecule is CC(C)NC(=O)c1ccc(NCC(=O)NCCc2ccccc2)cc1. The molecule has 0 aliphatic rings. The Bertz CT molecular complexity index is 682. The van der Waals surface area contributed by atoms with Gasteiger partial charge in [-0.2, -0.15) is 0 Å². The van der Waals surface area contributed by atoms with E-state index in [0.29, 0.717) is 12.1 Å². The van der Waals surface area contributed by atoms with Crippen LogP contribution in [-0.2, 0) is 11.2 Å². The highest BCUT2D eigenvalue weighted by Gasteiger charge is 2.07. The third-order valence-electron chi connectivity index (χ3n) is 3.60. The van der Waals surface area contributed by atoms with Crippen LogP contribution in [0.3, 0.4) is 0 Å². The lowest BCUT2D eigenvalue weighted by molar-refractivity contribution is -0.119. The van der Waals surface area contributed by atoms with Gasteiger partial charge in [0.25, 0.3) is 5.91 Å². The molecule has 0 radical (unpaired) electrons. The van der Waals surface area contributed by atoms with E-state index in [1.807, 2.05) is 44.2 Å². The van der Waals surface area contributed by atoms with Crippen molar-refractivity contribution in [3.8, 4) is 0 Å². The summed E-state index contributed by atoms with van der Waals surface area (Å²) in [5, 5.41) is 8.79. The minimum absolute atomic E-state index is 0.0578. The summed E-state index contributed by atoms with van der Waals surface area (Å²) in [5.41, 5.74) is 2.61. The molecule has 0 spiro atoms. The predicted octanol–water partition coefficient (Wildman–Crippen LogP) is 2.60. The minimum Gasteiger partial charge on any atom is -0.376 e. The lowest BCUT2D eigenvalue weighted by Gasteiger charge is -2.10. The quantitative estimate of drug-likeness (QED) is 0.692. The molecule has 0 aromatic heterocycles. The number of benzene rings is 2. The van der Waals surface area contributed by atoms with Gasteiger partial charge in [-0.1, -0.05) is 30.3 Å². The third-order valence-corrected chi connectivity index (χ3v) is 3.60. The van der Waals surface area contributed by atoms with Crippen molar-refractivity contribution in [1.29, 1.82) is 0 Å². The summed E-state index contributed by atoms with van der Waals surface area (Å²) < 4.78 is 0. The Labute approximate surface area is 148 Å². The number of hydrogen-bond donors (Lipinski definition) is 3. The highest BCUT2D eigenvalue weighted by atomic mass is 16.2. The van der Waals surface area contributed by atoms with E-state index < -0.39 is 0 Å². The van der Waals surface area contributed by atoms with Gasteiger partial charge < -0.3 is 16.0 Å². The zero-order valence-corrected chi connectivity index (χ0v) is 14.7. The Morgan fingerprint density at radius 3 is 2.28 bits per heavy atom. The average Bonchev–Trinajstić information content (AvgIpc) is 2.61. The summed E-state index contributed by atoms with van der Waals surface area (Å²) in [6, 6.07) is 17.2. The van der Waals surface area contributed by atoms with Gasteiger partial charge in [-0.05, 0) is 50.1 Å². The van der Waals surface area contributed by atoms with Gasteiger partial charge in [0.2, 0.25) is 5.91 Å². The van der Waals surface area contributed by atoms with Crippen molar-refractivity contribution in [1.82, 2.24) is 10.6 Å². The van der Waals surface area contributed by atoms with Gasteiger partial charge in [0.05, 0.1) is 6.54 Å². The molecule has 0 heterocycles. The normalized spacial score (nSPS) is 10.4. The van der Waals surface area contributed by atoms with Crippen LogP contribution in [0.2, 0.25) is 0 Å². The minimum atomic E-state index is -0.0970. The maximum Gasteiger partial charge on any atom is 0.251 e. The van der Waals surface area contributed by atoms with E-state index in [-0.39, 0.29) is 24.4 Å². The van der Waals surface area contributed by atoms with Crippen LogP contribution >= 0.6 is 0 Å². The molecule has 2 amide bonds. The highest BCUT2D eigenvalue weighted by Crippen LogP contribution is 2.09. The van der Waals surface area contributed by atoms with E-state index in [1.165, 1.54) is 5.56 Å². The van der Waals surface area contributed by atoms with Crippen LogP contribution in [-0.4, -0.2) is 30.9 Å². The lowest BCUT2D eigenvalue weighted by Crippen LogP contribution is -2.31. The van der Waals surface area contributed by atoms with Gasteiger partial charge in [-0.3, -0.25) is 9.59 Å². The van der Waals surface area contributed by atoms with Crippen LogP contribution in [0.15, 0.2) is 54.6 Å². The van der Waals surface area contributed by atoms with Crippen molar-refractivity contribution >= 4 is 17.5 Å². The van der Waals surface area contributed by atoms with Crippen molar-refractivity contribution < 1.29 is 9.59 Å². The predicted molar refractivity (Wildman–Crippen MR) is 101 cm³/mol. The second-order valence-corrected chi connectivity index (χ2v) is 6.14. The van der Waals surface area contributed by atoms with E-state index in [4.69, 9.17) is 0 Å². The van der Waals surface area contributed by atoms with E-state index in [0.717, 1.165) is 12.1 Å². The average molecular weight is 339 g/mol. The fraction of sp³-hybridized carbons (Fsp3) is 0.300. The fourth-order valence-electron chi connectivity index (χ4n) is 2.32. The largest absolute Gasteiger partial charge is 0.376 e. The van der Waals surface area contributed by atoms with E-state index in [1.54, 1.807) is 24.3 Å². The Morgan fingerprint density at radius 1 is 0.960 bits per heavy atom. The van der Waals surface area contributed by atoms with Crippen molar-refractivity contribution in [2.45, 2.75) is 26.3 Å². The zero-order chi connectivity index (χ0) is 18.1. The highest BCUT2D eigenvalue weighted by molar-refractivity contribution is 5.94. The monoisotopic (exact) mass is 339 g/mol. The molecule has 0 saturated heterocycles. The molecule has 25 heavy (non-hydrogen) atoms. The molecule has 0 unspecified atom stereocenters. The van der Waals surface area contributed by atoms with E-state index in [9.17, 15) is 9.59 Å². The first kappa shape index (κ1) is 18.5. The number of nitrogens with one attached hydrogen (secondary N) is 3. The van der Waals surface area contributed by atoms with Gasteiger partial charge in [-0.15, -0.1) is 0 Å². The number of carbonyl (C=O) groups is 2. The second kappa shape index (κ2) is 9.47.